The molecule has 1 aliphatic rings. The molecule has 4 nitrogen and oxygen atoms in total. The van der Waals surface area contributed by atoms with E-state index in [2.05, 4.69) is 4.99 Å². The number of rotatable bonds is 5. The Bertz CT molecular complexity index is 520. The Kier molecular flexibility index (Phi) is 4.93. The first-order chi connectivity index (χ1) is 9.70. The first-order valence-electron chi connectivity index (χ1n) is 6.83. The SMILES string of the molecule is CCN=CC1=C(O)CC(COc2ccccc2)CC1=O. The van der Waals surface area contributed by atoms with Crippen LogP contribution in [0.3, 0.4) is 0 Å². The third-order valence-corrected chi connectivity index (χ3v) is 3.20. The Morgan fingerprint density at radius 3 is 2.75 bits per heavy atom. The second kappa shape index (κ2) is 6.89. The van der Waals surface area contributed by atoms with Crippen molar-refractivity contribution in [2.24, 2.45) is 10.9 Å². The van der Waals surface area contributed by atoms with Crippen molar-refractivity contribution >= 4 is 12.0 Å². The van der Waals surface area contributed by atoms with E-state index in [1.54, 1.807) is 0 Å². The van der Waals surface area contributed by atoms with Crippen LogP contribution in [-0.2, 0) is 4.79 Å². The Labute approximate surface area is 118 Å². The molecule has 106 valence electrons. The lowest BCUT2D eigenvalue weighted by atomic mass is 9.88. The lowest BCUT2D eigenvalue weighted by Crippen LogP contribution is -2.24. The predicted octanol–water partition coefficient (Wildman–Crippen LogP) is 2.95. The molecule has 4 heteroatoms. The maximum absolute atomic E-state index is 12.0. The molecule has 0 aliphatic heterocycles. The molecule has 1 aromatic rings. The molecule has 0 amide bonds. The van der Waals surface area contributed by atoms with Gasteiger partial charge in [0, 0.05) is 31.5 Å². The van der Waals surface area contributed by atoms with Crippen LogP contribution in [0.1, 0.15) is 19.8 Å². The van der Waals surface area contributed by atoms with Gasteiger partial charge in [-0.25, -0.2) is 0 Å². The molecule has 2 rings (SSSR count). The minimum absolute atomic E-state index is 0.0153. The van der Waals surface area contributed by atoms with Gasteiger partial charge in [-0.1, -0.05) is 18.2 Å². The third-order valence-electron chi connectivity index (χ3n) is 3.20. The number of carbonyl (C=O) groups excluding carboxylic acids is 1. The van der Waals surface area contributed by atoms with Gasteiger partial charge >= 0.3 is 0 Å². The number of benzene rings is 1. The second-order valence-electron chi connectivity index (χ2n) is 4.81. The molecular weight excluding hydrogens is 254 g/mol. The molecule has 0 saturated carbocycles. The lowest BCUT2D eigenvalue weighted by Gasteiger charge is -2.22. The fourth-order valence-electron chi connectivity index (χ4n) is 2.17. The minimum Gasteiger partial charge on any atom is -0.511 e. The fourth-order valence-corrected chi connectivity index (χ4v) is 2.17. The van der Waals surface area contributed by atoms with Crippen LogP contribution in [0.25, 0.3) is 0 Å². The summed E-state index contributed by atoms with van der Waals surface area (Å²) < 4.78 is 5.64. The summed E-state index contributed by atoms with van der Waals surface area (Å²) in [5, 5.41) is 9.95. The van der Waals surface area contributed by atoms with E-state index < -0.39 is 0 Å². The normalized spacial score (nSPS) is 19.6. The van der Waals surface area contributed by atoms with Crippen molar-refractivity contribution in [1.29, 1.82) is 0 Å². The maximum atomic E-state index is 12.0. The number of aliphatic hydroxyl groups is 1. The van der Waals surface area contributed by atoms with Gasteiger partial charge in [-0.2, -0.15) is 0 Å². The molecular formula is C16H19NO3. The van der Waals surface area contributed by atoms with E-state index in [0.29, 0.717) is 31.6 Å². The van der Waals surface area contributed by atoms with Gasteiger partial charge in [0.15, 0.2) is 5.78 Å². The monoisotopic (exact) mass is 273 g/mol. The first kappa shape index (κ1) is 14.3. The molecule has 0 heterocycles. The van der Waals surface area contributed by atoms with Crippen LogP contribution in [0.5, 0.6) is 5.75 Å². The van der Waals surface area contributed by atoms with Crippen molar-refractivity contribution in [3.8, 4) is 5.75 Å². The number of aliphatic imine (C=N–C) groups is 1. The van der Waals surface area contributed by atoms with Crippen LogP contribution in [0, 0.1) is 5.92 Å². The summed E-state index contributed by atoms with van der Waals surface area (Å²) in [6.45, 7) is 2.92. The Hall–Kier alpha value is -2.10. The number of carbonyl (C=O) groups is 1. The van der Waals surface area contributed by atoms with Crippen molar-refractivity contribution in [3.63, 3.8) is 0 Å². The summed E-state index contributed by atoms with van der Waals surface area (Å²) in [6.07, 6.45) is 2.33. The molecule has 1 aliphatic carbocycles. The second-order valence-corrected chi connectivity index (χ2v) is 4.81. The highest BCUT2D eigenvalue weighted by Gasteiger charge is 2.27. The van der Waals surface area contributed by atoms with Crippen molar-refractivity contribution in [2.45, 2.75) is 19.8 Å². The van der Waals surface area contributed by atoms with Crippen LogP contribution in [0.2, 0.25) is 0 Å². The van der Waals surface area contributed by atoms with E-state index in [1.807, 2.05) is 37.3 Å². The van der Waals surface area contributed by atoms with Crippen molar-refractivity contribution in [2.75, 3.05) is 13.2 Å². The number of hydrogen-bond acceptors (Lipinski definition) is 4. The van der Waals surface area contributed by atoms with Gasteiger partial charge in [0.2, 0.25) is 0 Å². The number of allylic oxidation sites excluding steroid dienone is 2. The molecule has 0 fully saturated rings. The Morgan fingerprint density at radius 1 is 1.35 bits per heavy atom. The summed E-state index contributed by atoms with van der Waals surface area (Å²) >= 11 is 0. The van der Waals surface area contributed by atoms with Crippen molar-refractivity contribution in [3.05, 3.63) is 41.7 Å². The van der Waals surface area contributed by atoms with Crippen LogP contribution >= 0.6 is 0 Å². The lowest BCUT2D eigenvalue weighted by molar-refractivity contribution is -0.117. The molecule has 20 heavy (non-hydrogen) atoms. The van der Waals surface area contributed by atoms with Gasteiger partial charge in [0.1, 0.15) is 11.5 Å². The predicted molar refractivity (Wildman–Crippen MR) is 78.4 cm³/mol. The van der Waals surface area contributed by atoms with Gasteiger partial charge in [-0.15, -0.1) is 0 Å². The molecule has 0 bridgehead atoms. The summed E-state index contributed by atoms with van der Waals surface area (Å²) in [7, 11) is 0. The zero-order valence-electron chi connectivity index (χ0n) is 11.6. The average Bonchev–Trinajstić information content (AvgIpc) is 2.45. The zero-order valence-corrected chi connectivity index (χ0v) is 11.6. The summed E-state index contributed by atoms with van der Waals surface area (Å²) in [5.41, 5.74) is 0.350. The van der Waals surface area contributed by atoms with E-state index >= 15 is 0 Å². The summed E-state index contributed by atoms with van der Waals surface area (Å²) in [5.74, 6) is 0.857. The summed E-state index contributed by atoms with van der Waals surface area (Å²) in [6, 6.07) is 9.47. The largest absolute Gasteiger partial charge is 0.511 e. The highest BCUT2D eigenvalue weighted by atomic mass is 16.5. The Morgan fingerprint density at radius 2 is 2.10 bits per heavy atom. The standard InChI is InChI=1S/C16H19NO3/c1-2-17-10-14-15(18)8-12(9-16(14)19)11-20-13-6-4-3-5-7-13/h3-7,10,12,18H,2,8-9,11H2,1H3. The molecule has 1 unspecified atom stereocenters. The van der Waals surface area contributed by atoms with E-state index in [-0.39, 0.29) is 17.5 Å². The van der Waals surface area contributed by atoms with E-state index in [9.17, 15) is 9.90 Å². The van der Waals surface area contributed by atoms with E-state index in [4.69, 9.17) is 4.74 Å². The number of para-hydroxylation sites is 1. The third kappa shape index (κ3) is 3.70. The molecule has 0 spiro atoms. The molecule has 0 saturated heterocycles. The number of ether oxygens (including phenoxy) is 1. The van der Waals surface area contributed by atoms with Gasteiger partial charge in [-0.3, -0.25) is 9.79 Å². The molecule has 1 N–H and O–H groups in total. The van der Waals surface area contributed by atoms with Crippen LogP contribution in [0.15, 0.2) is 46.7 Å². The molecule has 0 radical (unpaired) electrons. The van der Waals surface area contributed by atoms with Crippen LogP contribution < -0.4 is 4.74 Å². The van der Waals surface area contributed by atoms with Crippen molar-refractivity contribution in [1.82, 2.24) is 0 Å². The maximum Gasteiger partial charge on any atom is 0.168 e. The quantitative estimate of drug-likeness (QED) is 0.839. The highest BCUT2D eigenvalue weighted by Crippen LogP contribution is 2.25. The summed E-state index contributed by atoms with van der Waals surface area (Å²) in [4.78, 5) is 16.0. The van der Waals surface area contributed by atoms with Gasteiger partial charge < -0.3 is 9.84 Å². The van der Waals surface area contributed by atoms with Crippen LogP contribution in [-0.4, -0.2) is 30.3 Å². The molecule has 1 atom stereocenters. The molecule has 1 aromatic carbocycles. The number of nitrogens with zero attached hydrogens (tertiary/aromatic N) is 1. The van der Waals surface area contributed by atoms with Gasteiger partial charge in [-0.05, 0) is 19.1 Å². The topological polar surface area (TPSA) is 58.9 Å². The van der Waals surface area contributed by atoms with Gasteiger partial charge in [0.25, 0.3) is 0 Å². The zero-order chi connectivity index (χ0) is 14.4. The number of ketones is 1. The van der Waals surface area contributed by atoms with Gasteiger partial charge in [0.05, 0.1) is 12.2 Å². The van der Waals surface area contributed by atoms with Crippen LogP contribution in [0.4, 0.5) is 0 Å². The highest BCUT2D eigenvalue weighted by molar-refractivity contribution is 6.14. The smallest absolute Gasteiger partial charge is 0.168 e. The fraction of sp³-hybridized carbons (Fsp3) is 0.375. The number of hydrogen-bond donors (Lipinski definition) is 1. The Balaban J connectivity index is 1.95. The first-order valence-corrected chi connectivity index (χ1v) is 6.83. The number of aliphatic hydroxyl groups excluding tert-OH is 1. The number of Topliss-reactive ketones (excluding diaryl/α,β-unsaturated/α-hetero) is 1. The van der Waals surface area contributed by atoms with E-state index in [1.165, 1.54) is 6.21 Å². The minimum atomic E-state index is -0.0624. The molecule has 0 aromatic heterocycles. The van der Waals surface area contributed by atoms with E-state index in [0.717, 1.165) is 5.75 Å². The van der Waals surface area contributed by atoms with Crippen molar-refractivity contribution < 1.29 is 14.6 Å². The average molecular weight is 273 g/mol.